The predicted octanol–water partition coefficient (Wildman–Crippen LogP) is 4.72. The van der Waals surface area contributed by atoms with E-state index >= 15 is 0 Å². The van der Waals surface area contributed by atoms with Gasteiger partial charge in [0.15, 0.2) is 11.6 Å². The summed E-state index contributed by atoms with van der Waals surface area (Å²) in [6, 6.07) is 11.1. The maximum absolute atomic E-state index is 14.3. The molecule has 0 spiro atoms. The van der Waals surface area contributed by atoms with Crippen molar-refractivity contribution in [3.63, 3.8) is 0 Å². The van der Waals surface area contributed by atoms with Crippen molar-refractivity contribution in [2.75, 3.05) is 74.7 Å². The van der Waals surface area contributed by atoms with Crippen LogP contribution in [0.3, 0.4) is 0 Å². The number of rotatable bonds is 9. The first-order valence-electron chi connectivity index (χ1n) is 15.9. The Morgan fingerprint density at radius 3 is 2.51 bits per heavy atom. The minimum Gasteiger partial charge on any atom is -0.495 e. The number of nitrogens with two attached hydrogens (primary N) is 1. The van der Waals surface area contributed by atoms with Crippen molar-refractivity contribution in [1.29, 1.82) is 0 Å². The molecule has 47 heavy (non-hydrogen) atoms. The molecule has 14 heteroatoms. The minimum absolute atomic E-state index is 0.162. The summed E-state index contributed by atoms with van der Waals surface area (Å²) in [5.41, 5.74) is 8.03. The number of nitrogens with zero attached hydrogens (tertiary/aromatic N) is 7. The van der Waals surface area contributed by atoms with Gasteiger partial charge in [-0.15, -0.1) is 0 Å². The minimum atomic E-state index is -2.99. The van der Waals surface area contributed by atoms with Crippen molar-refractivity contribution < 1.29 is 18.3 Å². The lowest BCUT2D eigenvalue weighted by Crippen LogP contribution is -2.53. The second kappa shape index (κ2) is 13.6. The average molecular weight is 647 g/mol. The second-order valence-corrected chi connectivity index (χ2v) is 12.0. The zero-order valence-electron chi connectivity index (χ0n) is 26.8. The number of amides is 1. The third-order valence-electron chi connectivity index (χ3n) is 9.00. The van der Waals surface area contributed by atoms with Crippen LogP contribution >= 0.6 is 0 Å². The lowest BCUT2D eigenvalue weighted by Gasteiger charge is -2.42. The van der Waals surface area contributed by atoms with E-state index < -0.39 is 11.8 Å². The summed E-state index contributed by atoms with van der Waals surface area (Å²) in [5.74, 6) is -1.92. The quantitative estimate of drug-likeness (QED) is 0.233. The lowest BCUT2D eigenvalue weighted by atomic mass is 10.0. The normalized spacial score (nSPS) is 16.7. The van der Waals surface area contributed by atoms with Gasteiger partial charge in [0.2, 0.25) is 5.95 Å². The number of hydrogen-bond acceptors (Lipinski definition) is 11. The number of alkyl halides is 2. The van der Waals surface area contributed by atoms with Crippen LogP contribution in [0.5, 0.6) is 5.75 Å². The molecule has 4 N–H and O–H groups in total. The molecule has 0 aliphatic carbocycles. The second-order valence-electron chi connectivity index (χ2n) is 12.0. The highest BCUT2D eigenvalue weighted by Crippen LogP contribution is 2.34. The van der Waals surface area contributed by atoms with Gasteiger partial charge >= 0.3 is 0 Å². The van der Waals surface area contributed by atoms with Crippen molar-refractivity contribution in [3.05, 3.63) is 59.9 Å². The molecule has 0 radical (unpaired) electrons. The molecule has 4 heterocycles. The number of carbonyl (C=O) groups is 1. The molecule has 0 unspecified atom stereocenters. The molecule has 2 aromatic carbocycles. The van der Waals surface area contributed by atoms with E-state index in [1.165, 1.54) is 51.4 Å². The molecule has 6 rings (SSSR count). The van der Waals surface area contributed by atoms with Crippen molar-refractivity contribution >= 4 is 45.9 Å². The average Bonchev–Trinajstić information content (AvgIpc) is 3.09. The summed E-state index contributed by atoms with van der Waals surface area (Å²) in [7, 11) is 3.69. The molecule has 0 atom stereocenters. The Hall–Kier alpha value is -4.69. The highest BCUT2D eigenvalue weighted by atomic mass is 19.3. The van der Waals surface area contributed by atoms with Crippen LogP contribution in [0.2, 0.25) is 0 Å². The molecule has 1 amide bonds. The van der Waals surface area contributed by atoms with Gasteiger partial charge in [-0.05, 0) is 63.3 Å². The number of nitrogen functional groups attached to an aromatic ring is 1. The Morgan fingerprint density at radius 1 is 1.02 bits per heavy atom. The summed E-state index contributed by atoms with van der Waals surface area (Å²) in [6.45, 7) is 7.05. The van der Waals surface area contributed by atoms with Gasteiger partial charge < -0.3 is 30.9 Å². The zero-order valence-corrected chi connectivity index (χ0v) is 26.8. The van der Waals surface area contributed by atoms with Gasteiger partial charge in [-0.25, -0.2) is 23.7 Å². The Kier molecular flexibility index (Phi) is 9.32. The highest BCUT2D eigenvalue weighted by Gasteiger charge is 2.30. The van der Waals surface area contributed by atoms with Gasteiger partial charge in [0.1, 0.15) is 23.1 Å². The highest BCUT2D eigenvalue weighted by molar-refractivity contribution is 6.05. The topological polar surface area (TPSA) is 138 Å². The molecule has 0 bridgehead atoms. The lowest BCUT2D eigenvalue weighted by molar-refractivity contribution is -0.00824. The summed E-state index contributed by atoms with van der Waals surface area (Å²) in [4.78, 5) is 38.5. The monoisotopic (exact) mass is 646 g/mol. The molecular formula is C33H40F2N10O2. The van der Waals surface area contributed by atoms with Gasteiger partial charge in [-0.2, -0.15) is 4.98 Å². The number of methoxy groups -OCH3 is 1. The number of anilines is 5. The van der Waals surface area contributed by atoms with E-state index in [4.69, 9.17) is 15.5 Å². The predicted molar refractivity (Wildman–Crippen MR) is 179 cm³/mol. The van der Waals surface area contributed by atoms with E-state index in [1.807, 2.05) is 0 Å². The molecule has 2 aliphatic heterocycles. The standard InChI is InChI=1S/C33H40F2N10O2/c1-4-33(34,35)22-6-5-7-23(19-22)39-31(46)21-8-9-26(47-3)25(18-21)40-30-28-27(37-20-38-30)29(36)42-32(41-28)45-16-14-44(15-17-45)24-10-12-43(2)13-11-24/h5-9,18-20,24H,4,10-17H2,1-3H3,(H,39,46)(H2,36,41,42)(H,37,38,40). The zero-order chi connectivity index (χ0) is 33.1. The van der Waals surface area contributed by atoms with E-state index in [0.717, 1.165) is 39.3 Å². The van der Waals surface area contributed by atoms with Gasteiger partial charge in [-0.3, -0.25) is 9.69 Å². The van der Waals surface area contributed by atoms with E-state index in [2.05, 4.69) is 47.3 Å². The molecular weight excluding hydrogens is 606 g/mol. The number of halogens is 2. The number of hydrogen-bond donors (Lipinski definition) is 3. The van der Waals surface area contributed by atoms with Crippen LogP contribution in [0.15, 0.2) is 48.8 Å². The smallest absolute Gasteiger partial charge is 0.273 e. The molecule has 2 aromatic heterocycles. The van der Waals surface area contributed by atoms with Gasteiger partial charge in [0.05, 0.1) is 12.8 Å². The number of nitrogens with one attached hydrogen (secondary N) is 2. The van der Waals surface area contributed by atoms with Gasteiger partial charge in [0.25, 0.3) is 11.8 Å². The Bertz CT molecular complexity index is 1740. The number of ether oxygens (including phenoxy) is 1. The fourth-order valence-electron chi connectivity index (χ4n) is 6.14. The molecule has 2 saturated heterocycles. The van der Waals surface area contributed by atoms with Crippen LogP contribution in [0.25, 0.3) is 11.0 Å². The Morgan fingerprint density at radius 2 is 1.79 bits per heavy atom. The van der Waals surface area contributed by atoms with E-state index in [-0.39, 0.29) is 29.1 Å². The van der Waals surface area contributed by atoms with E-state index in [0.29, 0.717) is 40.3 Å². The van der Waals surface area contributed by atoms with Crippen LogP contribution < -0.4 is 26.0 Å². The largest absolute Gasteiger partial charge is 0.495 e. The first-order chi connectivity index (χ1) is 22.6. The summed E-state index contributed by atoms with van der Waals surface area (Å²) in [5, 5.41) is 5.96. The van der Waals surface area contributed by atoms with Gasteiger partial charge in [0, 0.05) is 55.5 Å². The number of fused-ring (bicyclic) bond motifs is 1. The van der Waals surface area contributed by atoms with Crippen LogP contribution in [0.4, 0.5) is 37.7 Å². The fourth-order valence-corrected chi connectivity index (χ4v) is 6.14. The summed E-state index contributed by atoms with van der Waals surface area (Å²) in [6.07, 6.45) is 3.38. The number of carbonyl (C=O) groups excluding carboxylic acids is 1. The number of aromatic nitrogens is 4. The fraction of sp³-hybridized carbons (Fsp3) is 0.424. The van der Waals surface area contributed by atoms with Crippen molar-refractivity contribution in [2.45, 2.75) is 38.2 Å². The maximum Gasteiger partial charge on any atom is 0.273 e. The maximum atomic E-state index is 14.3. The number of piperidine rings is 1. The van der Waals surface area contributed by atoms with Gasteiger partial charge in [-0.1, -0.05) is 19.1 Å². The van der Waals surface area contributed by atoms with Crippen LogP contribution in [0, 0.1) is 0 Å². The van der Waals surface area contributed by atoms with Crippen molar-refractivity contribution in [2.24, 2.45) is 0 Å². The Balaban J connectivity index is 1.22. The Labute approximate surface area is 272 Å². The first-order valence-corrected chi connectivity index (χ1v) is 15.9. The molecule has 2 fully saturated rings. The third-order valence-corrected chi connectivity index (χ3v) is 9.00. The molecule has 4 aromatic rings. The number of piperazine rings is 1. The molecule has 2 aliphatic rings. The van der Waals surface area contributed by atoms with Crippen molar-refractivity contribution in [1.82, 2.24) is 29.7 Å². The number of likely N-dealkylation sites (tertiary alicyclic amines) is 1. The van der Waals surface area contributed by atoms with Crippen molar-refractivity contribution in [3.8, 4) is 5.75 Å². The van der Waals surface area contributed by atoms with E-state index in [9.17, 15) is 13.6 Å². The van der Waals surface area contributed by atoms with E-state index in [1.54, 1.807) is 24.3 Å². The number of benzene rings is 2. The van der Waals surface area contributed by atoms with Crippen LogP contribution in [0.1, 0.15) is 42.1 Å². The first kappa shape index (κ1) is 32.3. The van der Waals surface area contributed by atoms with Crippen LogP contribution in [-0.2, 0) is 5.92 Å². The molecule has 248 valence electrons. The summed E-state index contributed by atoms with van der Waals surface area (Å²) < 4.78 is 34.1. The third kappa shape index (κ3) is 7.03. The molecule has 0 saturated carbocycles. The molecule has 12 nitrogen and oxygen atoms in total. The SMILES string of the molecule is CCC(F)(F)c1cccc(NC(=O)c2ccc(OC)c(Nc3ncnc4c(N)nc(N5CCN(C6CCN(C)CC6)CC5)nc34)c2)c1. The van der Waals surface area contributed by atoms with Crippen LogP contribution in [-0.4, -0.2) is 95.1 Å². The summed E-state index contributed by atoms with van der Waals surface area (Å²) >= 11 is 0.